The van der Waals surface area contributed by atoms with E-state index in [1.807, 2.05) is 24.3 Å². The molecule has 3 heteroatoms. The highest BCUT2D eigenvalue weighted by molar-refractivity contribution is 6.30. The zero-order chi connectivity index (χ0) is 15.5. The molecule has 0 heterocycles. The Morgan fingerprint density at radius 1 is 1.10 bits per heavy atom. The number of methoxy groups -OCH3 is 1. The summed E-state index contributed by atoms with van der Waals surface area (Å²) in [6.07, 6.45) is 0. The van der Waals surface area contributed by atoms with E-state index in [9.17, 15) is 0 Å². The molecule has 0 atom stereocenters. The summed E-state index contributed by atoms with van der Waals surface area (Å²) >= 11 is 6.02. The minimum absolute atomic E-state index is 0.110. The van der Waals surface area contributed by atoms with Crippen molar-refractivity contribution in [1.29, 1.82) is 0 Å². The van der Waals surface area contributed by atoms with E-state index in [-0.39, 0.29) is 5.41 Å². The Labute approximate surface area is 132 Å². The molecule has 1 N–H and O–H groups in total. The molecule has 0 saturated carbocycles. The van der Waals surface area contributed by atoms with Crippen LogP contribution in [-0.4, -0.2) is 7.11 Å². The molecule has 0 radical (unpaired) electrons. The summed E-state index contributed by atoms with van der Waals surface area (Å²) in [6, 6.07) is 14.1. The smallest absolute Gasteiger partial charge is 0.141 e. The summed E-state index contributed by atoms with van der Waals surface area (Å²) in [5.41, 5.74) is 3.53. The topological polar surface area (TPSA) is 21.3 Å². The molecule has 0 aliphatic rings. The van der Waals surface area contributed by atoms with Gasteiger partial charge in [0.05, 0.1) is 12.8 Å². The molecule has 2 nitrogen and oxygen atoms in total. The lowest BCUT2D eigenvalue weighted by Gasteiger charge is -2.21. The highest BCUT2D eigenvalue weighted by Gasteiger charge is 2.15. The van der Waals surface area contributed by atoms with Gasteiger partial charge in [0.15, 0.2) is 0 Å². The summed E-state index contributed by atoms with van der Waals surface area (Å²) in [6.45, 7) is 7.32. The number of hydrogen-bond donors (Lipinski definition) is 1. The number of anilines is 1. The molecular weight excluding hydrogens is 282 g/mol. The van der Waals surface area contributed by atoms with Crippen molar-refractivity contribution in [2.45, 2.75) is 32.7 Å². The Morgan fingerprint density at radius 2 is 1.86 bits per heavy atom. The van der Waals surface area contributed by atoms with Crippen LogP contribution in [0.25, 0.3) is 0 Å². The first-order valence-corrected chi connectivity index (χ1v) is 7.45. The van der Waals surface area contributed by atoms with Crippen LogP contribution in [0.5, 0.6) is 5.75 Å². The van der Waals surface area contributed by atoms with Gasteiger partial charge in [-0.05, 0) is 40.8 Å². The fraction of sp³-hybridized carbons (Fsp3) is 0.333. The maximum absolute atomic E-state index is 6.02. The van der Waals surface area contributed by atoms with Gasteiger partial charge in [-0.15, -0.1) is 0 Å². The first-order valence-electron chi connectivity index (χ1n) is 7.07. The van der Waals surface area contributed by atoms with E-state index in [1.54, 1.807) is 7.11 Å². The molecule has 0 spiro atoms. The summed E-state index contributed by atoms with van der Waals surface area (Å²) < 4.78 is 5.44. The SMILES string of the molecule is COc1ccc(C(C)(C)C)cc1NCc1cccc(Cl)c1. The zero-order valence-corrected chi connectivity index (χ0v) is 13.8. The molecule has 0 unspecified atom stereocenters. The van der Waals surface area contributed by atoms with Gasteiger partial charge in [-0.1, -0.05) is 50.6 Å². The van der Waals surface area contributed by atoms with Gasteiger partial charge >= 0.3 is 0 Å². The van der Waals surface area contributed by atoms with Crippen molar-refractivity contribution in [2.75, 3.05) is 12.4 Å². The Kier molecular flexibility index (Phi) is 4.79. The van der Waals surface area contributed by atoms with Crippen molar-refractivity contribution >= 4 is 17.3 Å². The molecule has 0 aliphatic heterocycles. The predicted octanol–water partition coefficient (Wildman–Crippen LogP) is 5.26. The maximum atomic E-state index is 6.02. The van der Waals surface area contributed by atoms with Crippen LogP contribution in [0, 0.1) is 0 Å². The first kappa shape index (κ1) is 15.7. The summed E-state index contributed by atoms with van der Waals surface area (Å²) in [5, 5.41) is 4.19. The van der Waals surface area contributed by atoms with Gasteiger partial charge in [-0.3, -0.25) is 0 Å². The Bertz CT molecular complexity index is 617. The molecule has 0 amide bonds. The minimum atomic E-state index is 0.110. The van der Waals surface area contributed by atoms with Crippen LogP contribution in [0.4, 0.5) is 5.69 Å². The molecule has 0 aliphatic carbocycles. The van der Waals surface area contributed by atoms with Crippen molar-refractivity contribution < 1.29 is 4.74 Å². The maximum Gasteiger partial charge on any atom is 0.141 e. The van der Waals surface area contributed by atoms with Crippen molar-refractivity contribution in [3.63, 3.8) is 0 Å². The number of rotatable bonds is 4. The molecular formula is C18H22ClNO. The number of halogens is 1. The van der Waals surface area contributed by atoms with Crippen LogP contribution in [0.1, 0.15) is 31.9 Å². The van der Waals surface area contributed by atoms with Crippen LogP contribution < -0.4 is 10.1 Å². The normalized spacial score (nSPS) is 11.3. The average Bonchev–Trinajstić information content (AvgIpc) is 2.44. The van der Waals surface area contributed by atoms with Gasteiger partial charge in [0.1, 0.15) is 5.75 Å². The van der Waals surface area contributed by atoms with Gasteiger partial charge in [-0.2, -0.15) is 0 Å². The number of ether oxygens (including phenoxy) is 1. The van der Waals surface area contributed by atoms with E-state index in [1.165, 1.54) is 5.56 Å². The number of hydrogen-bond acceptors (Lipinski definition) is 2. The molecule has 0 aromatic heterocycles. The van der Waals surface area contributed by atoms with Crippen LogP contribution in [-0.2, 0) is 12.0 Å². The molecule has 2 aromatic carbocycles. The van der Waals surface area contributed by atoms with E-state index < -0.39 is 0 Å². The van der Waals surface area contributed by atoms with E-state index in [0.29, 0.717) is 6.54 Å². The fourth-order valence-corrected chi connectivity index (χ4v) is 2.37. The lowest BCUT2D eigenvalue weighted by Crippen LogP contribution is -2.12. The van der Waals surface area contributed by atoms with Gasteiger partial charge in [0.25, 0.3) is 0 Å². The molecule has 2 aromatic rings. The quantitative estimate of drug-likeness (QED) is 0.832. The zero-order valence-electron chi connectivity index (χ0n) is 13.0. The van der Waals surface area contributed by atoms with Crippen LogP contribution in [0.15, 0.2) is 42.5 Å². The molecule has 21 heavy (non-hydrogen) atoms. The second-order valence-electron chi connectivity index (χ2n) is 6.15. The number of nitrogens with one attached hydrogen (secondary N) is 1. The molecule has 0 saturated heterocycles. The summed E-state index contributed by atoms with van der Waals surface area (Å²) in [4.78, 5) is 0. The fourth-order valence-electron chi connectivity index (χ4n) is 2.16. The van der Waals surface area contributed by atoms with E-state index >= 15 is 0 Å². The third-order valence-corrected chi connectivity index (χ3v) is 3.67. The van der Waals surface area contributed by atoms with Gasteiger partial charge in [0.2, 0.25) is 0 Å². The van der Waals surface area contributed by atoms with Crippen molar-refractivity contribution in [3.8, 4) is 5.75 Å². The monoisotopic (exact) mass is 303 g/mol. The summed E-state index contributed by atoms with van der Waals surface area (Å²) in [5.74, 6) is 0.852. The predicted molar refractivity (Wildman–Crippen MR) is 90.5 cm³/mol. The lowest BCUT2D eigenvalue weighted by atomic mass is 9.87. The Hall–Kier alpha value is -1.67. The number of benzene rings is 2. The van der Waals surface area contributed by atoms with E-state index in [4.69, 9.17) is 16.3 Å². The Morgan fingerprint density at radius 3 is 2.48 bits per heavy atom. The van der Waals surface area contributed by atoms with E-state index in [2.05, 4.69) is 44.3 Å². The van der Waals surface area contributed by atoms with Gasteiger partial charge in [-0.25, -0.2) is 0 Å². The average molecular weight is 304 g/mol. The molecule has 2 rings (SSSR count). The standard InChI is InChI=1S/C18H22ClNO/c1-18(2,3)14-8-9-17(21-4)16(11-14)20-12-13-6-5-7-15(19)10-13/h5-11,20H,12H2,1-4H3. The van der Waals surface area contributed by atoms with Crippen LogP contribution in [0.2, 0.25) is 5.02 Å². The second kappa shape index (κ2) is 6.40. The van der Waals surface area contributed by atoms with Crippen molar-refractivity contribution in [2.24, 2.45) is 0 Å². The second-order valence-corrected chi connectivity index (χ2v) is 6.58. The van der Waals surface area contributed by atoms with Gasteiger partial charge < -0.3 is 10.1 Å². The third kappa shape index (κ3) is 4.15. The van der Waals surface area contributed by atoms with Crippen molar-refractivity contribution in [1.82, 2.24) is 0 Å². The largest absolute Gasteiger partial charge is 0.495 e. The lowest BCUT2D eigenvalue weighted by molar-refractivity contribution is 0.416. The molecule has 0 bridgehead atoms. The molecule has 0 fully saturated rings. The van der Waals surface area contributed by atoms with E-state index in [0.717, 1.165) is 22.0 Å². The first-order chi connectivity index (χ1) is 9.90. The third-order valence-electron chi connectivity index (χ3n) is 3.44. The molecule has 112 valence electrons. The Balaban J connectivity index is 2.21. The van der Waals surface area contributed by atoms with Crippen LogP contribution in [0.3, 0.4) is 0 Å². The summed E-state index contributed by atoms with van der Waals surface area (Å²) in [7, 11) is 1.69. The van der Waals surface area contributed by atoms with Crippen molar-refractivity contribution in [3.05, 3.63) is 58.6 Å². The minimum Gasteiger partial charge on any atom is -0.495 e. The van der Waals surface area contributed by atoms with Gasteiger partial charge in [0, 0.05) is 11.6 Å². The highest BCUT2D eigenvalue weighted by atomic mass is 35.5. The van der Waals surface area contributed by atoms with Crippen LogP contribution >= 0.6 is 11.6 Å². The highest BCUT2D eigenvalue weighted by Crippen LogP contribution is 2.31.